The molecule has 2 aromatic rings. The topological polar surface area (TPSA) is 42.2 Å². The van der Waals surface area contributed by atoms with E-state index in [-0.39, 0.29) is 12.1 Å². The van der Waals surface area contributed by atoms with Crippen LogP contribution in [0.3, 0.4) is 0 Å². The van der Waals surface area contributed by atoms with Crippen molar-refractivity contribution in [3.8, 4) is 0 Å². The van der Waals surface area contributed by atoms with Crippen LogP contribution in [-0.4, -0.2) is 9.67 Å². The lowest BCUT2D eigenvalue weighted by molar-refractivity contribution is -0.137. The van der Waals surface area contributed by atoms with Gasteiger partial charge in [0.1, 0.15) is 6.10 Å². The Morgan fingerprint density at radius 3 is 2.64 bits per heavy atom. The van der Waals surface area contributed by atoms with Gasteiger partial charge >= 0.3 is 6.18 Å². The number of fused-ring (bicyclic) bond motifs is 1. The van der Waals surface area contributed by atoms with E-state index in [1.807, 2.05) is 0 Å². The van der Waals surface area contributed by atoms with E-state index in [1.165, 1.54) is 22.8 Å². The minimum Gasteiger partial charge on any atom is -0.386 e. The summed E-state index contributed by atoms with van der Waals surface area (Å²) in [6.45, 7) is 0.149. The van der Waals surface area contributed by atoms with Gasteiger partial charge in [-0.05, 0) is 39.7 Å². The quantitative estimate of drug-likeness (QED) is 0.831. The standard InChI is InChI=1S/C15H11BrF3NO2/c16-11-4-5-12-13(21)10(7-20(12)14(11)22)8-2-1-3-9(6-8)15(17,18)19/h1-6,10,13,21H,7H2. The smallest absolute Gasteiger partial charge is 0.386 e. The summed E-state index contributed by atoms with van der Waals surface area (Å²) in [7, 11) is 0. The monoisotopic (exact) mass is 373 g/mol. The first-order valence-electron chi connectivity index (χ1n) is 6.53. The van der Waals surface area contributed by atoms with Gasteiger partial charge in [0.2, 0.25) is 0 Å². The number of halogens is 4. The first-order valence-corrected chi connectivity index (χ1v) is 7.33. The van der Waals surface area contributed by atoms with Gasteiger partial charge in [0.15, 0.2) is 0 Å². The van der Waals surface area contributed by atoms with Crippen LogP contribution in [0.5, 0.6) is 0 Å². The summed E-state index contributed by atoms with van der Waals surface area (Å²) in [4.78, 5) is 12.0. The average Bonchev–Trinajstić information content (AvgIpc) is 2.80. The van der Waals surface area contributed by atoms with Crippen molar-refractivity contribution in [3.63, 3.8) is 0 Å². The lowest BCUT2D eigenvalue weighted by Crippen LogP contribution is -2.20. The molecule has 2 atom stereocenters. The number of aliphatic hydroxyl groups is 1. The lowest BCUT2D eigenvalue weighted by Gasteiger charge is -2.16. The molecular weight excluding hydrogens is 363 g/mol. The molecular formula is C15H11BrF3NO2. The van der Waals surface area contributed by atoms with E-state index in [0.29, 0.717) is 15.7 Å². The molecule has 1 N–H and O–H groups in total. The maximum Gasteiger partial charge on any atom is 0.416 e. The molecule has 0 aliphatic carbocycles. The predicted octanol–water partition coefficient (Wildman–Crippen LogP) is 3.46. The summed E-state index contributed by atoms with van der Waals surface area (Å²) in [5, 5.41) is 10.3. The summed E-state index contributed by atoms with van der Waals surface area (Å²) in [5.74, 6) is -0.579. The number of aromatic nitrogens is 1. The van der Waals surface area contributed by atoms with Crippen LogP contribution < -0.4 is 5.56 Å². The van der Waals surface area contributed by atoms with Gasteiger partial charge in [0.25, 0.3) is 5.56 Å². The largest absolute Gasteiger partial charge is 0.416 e. The molecule has 1 aromatic heterocycles. The summed E-state index contributed by atoms with van der Waals surface area (Å²) < 4.78 is 40.2. The maximum absolute atomic E-state index is 12.8. The van der Waals surface area contributed by atoms with Crippen LogP contribution in [0.25, 0.3) is 0 Å². The number of nitrogens with zero attached hydrogens (tertiary/aromatic N) is 1. The number of benzene rings is 1. The third-order valence-corrected chi connectivity index (χ3v) is 4.47. The number of pyridine rings is 1. The van der Waals surface area contributed by atoms with Crippen molar-refractivity contribution in [2.24, 2.45) is 0 Å². The molecule has 3 nitrogen and oxygen atoms in total. The van der Waals surface area contributed by atoms with E-state index in [9.17, 15) is 23.1 Å². The normalized spacial score (nSPS) is 21.0. The van der Waals surface area contributed by atoms with Crippen LogP contribution in [0.4, 0.5) is 13.2 Å². The maximum atomic E-state index is 12.8. The third-order valence-electron chi connectivity index (χ3n) is 3.87. The average molecular weight is 374 g/mol. The van der Waals surface area contributed by atoms with Crippen molar-refractivity contribution in [2.45, 2.75) is 24.7 Å². The second kappa shape index (κ2) is 5.24. The van der Waals surface area contributed by atoms with Gasteiger partial charge < -0.3 is 9.67 Å². The van der Waals surface area contributed by atoms with Gasteiger partial charge in [-0.2, -0.15) is 13.2 Å². The molecule has 1 aliphatic rings. The Hall–Kier alpha value is -1.60. The number of rotatable bonds is 1. The van der Waals surface area contributed by atoms with E-state index >= 15 is 0 Å². The second-order valence-electron chi connectivity index (χ2n) is 5.20. The summed E-state index contributed by atoms with van der Waals surface area (Å²) >= 11 is 3.12. The number of alkyl halides is 3. The van der Waals surface area contributed by atoms with Crippen molar-refractivity contribution in [3.05, 3.63) is 68.0 Å². The Kier molecular flexibility index (Phi) is 3.65. The molecule has 0 spiro atoms. The fourth-order valence-electron chi connectivity index (χ4n) is 2.75. The minimum absolute atomic E-state index is 0.149. The van der Waals surface area contributed by atoms with Crippen LogP contribution in [0.15, 0.2) is 45.7 Å². The highest BCUT2D eigenvalue weighted by Crippen LogP contribution is 2.39. The van der Waals surface area contributed by atoms with E-state index in [4.69, 9.17) is 0 Å². The summed E-state index contributed by atoms with van der Waals surface area (Å²) in [5.41, 5.74) is -0.287. The van der Waals surface area contributed by atoms with Crippen molar-refractivity contribution >= 4 is 15.9 Å². The van der Waals surface area contributed by atoms with Crippen molar-refractivity contribution in [1.82, 2.24) is 4.57 Å². The van der Waals surface area contributed by atoms with Gasteiger partial charge in [-0.15, -0.1) is 0 Å². The van der Waals surface area contributed by atoms with E-state index < -0.39 is 23.8 Å². The molecule has 3 rings (SSSR count). The molecule has 1 aliphatic heterocycles. The highest BCUT2D eigenvalue weighted by atomic mass is 79.9. The third kappa shape index (κ3) is 2.48. The highest BCUT2D eigenvalue weighted by Gasteiger charge is 2.35. The van der Waals surface area contributed by atoms with E-state index in [0.717, 1.165) is 12.1 Å². The first kappa shape index (κ1) is 15.3. The van der Waals surface area contributed by atoms with Crippen LogP contribution in [-0.2, 0) is 12.7 Å². The fraction of sp³-hybridized carbons (Fsp3) is 0.267. The molecule has 7 heteroatoms. The zero-order valence-corrected chi connectivity index (χ0v) is 12.7. The van der Waals surface area contributed by atoms with Crippen molar-refractivity contribution in [1.29, 1.82) is 0 Å². The van der Waals surface area contributed by atoms with Gasteiger partial charge in [-0.3, -0.25) is 4.79 Å². The molecule has 2 unspecified atom stereocenters. The predicted molar refractivity (Wildman–Crippen MR) is 77.5 cm³/mol. The molecule has 0 saturated heterocycles. The van der Waals surface area contributed by atoms with Gasteiger partial charge in [0.05, 0.1) is 15.7 Å². The van der Waals surface area contributed by atoms with Crippen molar-refractivity contribution < 1.29 is 18.3 Å². The van der Waals surface area contributed by atoms with Gasteiger partial charge in [-0.25, -0.2) is 0 Å². The molecule has 0 radical (unpaired) electrons. The SMILES string of the molecule is O=c1c(Br)ccc2n1CC(c1cccc(C(F)(F)F)c1)C2O. The first-order chi connectivity index (χ1) is 10.3. The summed E-state index contributed by atoms with van der Waals surface area (Å²) in [6, 6.07) is 8.00. The Morgan fingerprint density at radius 2 is 1.95 bits per heavy atom. The molecule has 22 heavy (non-hydrogen) atoms. The highest BCUT2D eigenvalue weighted by molar-refractivity contribution is 9.10. The van der Waals surface area contributed by atoms with Crippen LogP contribution in [0.1, 0.15) is 28.8 Å². The Balaban J connectivity index is 2.02. The number of aliphatic hydroxyl groups excluding tert-OH is 1. The molecule has 0 fully saturated rings. The van der Waals surface area contributed by atoms with Crippen LogP contribution >= 0.6 is 15.9 Å². The number of hydrogen-bond acceptors (Lipinski definition) is 2. The van der Waals surface area contributed by atoms with Crippen LogP contribution in [0.2, 0.25) is 0 Å². The zero-order chi connectivity index (χ0) is 16.1. The van der Waals surface area contributed by atoms with Crippen molar-refractivity contribution in [2.75, 3.05) is 0 Å². The Labute approximate surface area is 132 Å². The van der Waals surface area contributed by atoms with Crippen LogP contribution in [0, 0.1) is 0 Å². The molecule has 116 valence electrons. The Morgan fingerprint density at radius 1 is 1.23 bits per heavy atom. The minimum atomic E-state index is -4.44. The fourth-order valence-corrected chi connectivity index (χ4v) is 3.09. The summed E-state index contributed by atoms with van der Waals surface area (Å²) in [6.07, 6.45) is -5.45. The second-order valence-corrected chi connectivity index (χ2v) is 6.05. The molecule has 0 amide bonds. The number of hydrogen-bond donors (Lipinski definition) is 1. The van der Waals surface area contributed by atoms with Gasteiger partial charge in [0, 0.05) is 12.5 Å². The van der Waals surface area contributed by atoms with Gasteiger partial charge in [-0.1, -0.05) is 18.2 Å². The van der Waals surface area contributed by atoms with E-state index in [1.54, 1.807) is 6.07 Å². The zero-order valence-electron chi connectivity index (χ0n) is 11.1. The molecule has 1 aromatic carbocycles. The van der Waals surface area contributed by atoms with E-state index in [2.05, 4.69) is 15.9 Å². The molecule has 2 heterocycles. The molecule has 0 bridgehead atoms. The lowest BCUT2D eigenvalue weighted by atomic mass is 9.93. The Bertz CT molecular complexity index is 785. The molecule has 0 saturated carbocycles.